The molecule has 2 amide bonds. The van der Waals surface area contributed by atoms with Gasteiger partial charge in [0.1, 0.15) is 12.4 Å². The molecule has 0 bridgehead atoms. The minimum absolute atomic E-state index is 0.116. The van der Waals surface area contributed by atoms with Crippen LogP contribution < -0.4 is 10.6 Å². The monoisotopic (exact) mass is 398 g/mol. The summed E-state index contributed by atoms with van der Waals surface area (Å²) in [5.41, 5.74) is 2.13. The number of carbonyl (C=O) groups is 3. The lowest BCUT2D eigenvalue weighted by Gasteiger charge is -2.27. The van der Waals surface area contributed by atoms with E-state index in [0.29, 0.717) is 0 Å². The Morgan fingerprint density at radius 1 is 1.14 bits per heavy atom. The molecule has 1 aliphatic rings. The summed E-state index contributed by atoms with van der Waals surface area (Å²) in [7, 11) is 0. The topological polar surface area (TPSA) is 84.5 Å². The van der Waals surface area contributed by atoms with Gasteiger partial charge in [0.15, 0.2) is 6.10 Å². The molecule has 0 fully saturated rings. The number of benzene rings is 2. The van der Waals surface area contributed by atoms with Crippen LogP contribution in [-0.4, -0.2) is 30.4 Å². The Hall–Kier alpha value is -3.22. The fraction of sp³-hybridized carbons (Fsp3) is 0.318. The zero-order valence-corrected chi connectivity index (χ0v) is 16.1. The molecule has 2 aromatic carbocycles. The van der Waals surface area contributed by atoms with Gasteiger partial charge in [-0.2, -0.15) is 0 Å². The van der Waals surface area contributed by atoms with E-state index in [4.69, 9.17) is 4.74 Å². The molecule has 0 aromatic heterocycles. The lowest BCUT2D eigenvalue weighted by Crippen LogP contribution is -2.41. The average Bonchev–Trinajstić information content (AvgIpc) is 2.72. The van der Waals surface area contributed by atoms with Crippen molar-refractivity contribution in [2.45, 2.75) is 38.3 Å². The number of hydrogen-bond acceptors (Lipinski definition) is 4. The molecule has 0 unspecified atom stereocenters. The van der Waals surface area contributed by atoms with Crippen molar-refractivity contribution >= 4 is 17.8 Å². The molecule has 0 aliphatic heterocycles. The summed E-state index contributed by atoms with van der Waals surface area (Å²) in [6.45, 7) is 1.01. The number of fused-ring (bicyclic) bond motifs is 1. The van der Waals surface area contributed by atoms with Crippen LogP contribution >= 0.6 is 0 Å². The molecule has 2 N–H and O–H groups in total. The van der Waals surface area contributed by atoms with Crippen LogP contribution in [0, 0.1) is 5.82 Å². The van der Waals surface area contributed by atoms with E-state index in [1.54, 1.807) is 0 Å². The summed E-state index contributed by atoms with van der Waals surface area (Å²) >= 11 is 0. The molecule has 0 radical (unpaired) electrons. The standard InChI is InChI=1S/C22H23FN2O4/c1-14(21(27)25-19-12-6-8-15-7-2-3-9-16(15)19)29-20(26)13-24-22(28)17-10-4-5-11-18(17)23/h2-5,7,9-11,14,19H,6,8,12-13H2,1H3,(H,24,28)(H,25,27)/t14-,19+/m0/s1. The first-order valence-corrected chi connectivity index (χ1v) is 9.56. The lowest BCUT2D eigenvalue weighted by atomic mass is 9.87. The van der Waals surface area contributed by atoms with Gasteiger partial charge in [0.05, 0.1) is 11.6 Å². The van der Waals surface area contributed by atoms with Crippen molar-refractivity contribution in [3.63, 3.8) is 0 Å². The third-order valence-electron chi connectivity index (χ3n) is 4.88. The minimum Gasteiger partial charge on any atom is -0.451 e. The number of esters is 1. The molecule has 6 nitrogen and oxygen atoms in total. The van der Waals surface area contributed by atoms with E-state index in [1.807, 2.05) is 18.2 Å². The predicted molar refractivity (Wildman–Crippen MR) is 105 cm³/mol. The number of amides is 2. The quantitative estimate of drug-likeness (QED) is 0.733. The molecular weight excluding hydrogens is 375 g/mol. The normalized spacial score (nSPS) is 16.3. The predicted octanol–water partition coefficient (Wildman–Crippen LogP) is 2.68. The van der Waals surface area contributed by atoms with Crippen LogP contribution in [-0.2, 0) is 20.7 Å². The Balaban J connectivity index is 1.49. The van der Waals surface area contributed by atoms with Crippen LogP contribution in [0.15, 0.2) is 48.5 Å². The highest BCUT2D eigenvalue weighted by Crippen LogP contribution is 2.29. The Morgan fingerprint density at radius 3 is 2.66 bits per heavy atom. The van der Waals surface area contributed by atoms with E-state index in [0.717, 1.165) is 30.9 Å². The number of carbonyl (C=O) groups excluding carboxylic acids is 3. The second kappa shape index (κ2) is 9.32. The molecule has 29 heavy (non-hydrogen) atoms. The number of rotatable bonds is 6. The highest BCUT2D eigenvalue weighted by molar-refractivity contribution is 5.96. The van der Waals surface area contributed by atoms with Crippen LogP contribution in [0.1, 0.15) is 47.3 Å². The second-order valence-corrected chi connectivity index (χ2v) is 6.95. The van der Waals surface area contributed by atoms with Gasteiger partial charge in [0, 0.05) is 0 Å². The van der Waals surface area contributed by atoms with Gasteiger partial charge in [-0.05, 0) is 49.4 Å². The summed E-state index contributed by atoms with van der Waals surface area (Å²) < 4.78 is 18.7. The summed E-state index contributed by atoms with van der Waals surface area (Å²) in [5.74, 6) is -2.59. The van der Waals surface area contributed by atoms with Gasteiger partial charge < -0.3 is 15.4 Å². The van der Waals surface area contributed by atoms with E-state index in [2.05, 4.69) is 16.7 Å². The molecule has 3 rings (SSSR count). The first kappa shape index (κ1) is 20.5. The van der Waals surface area contributed by atoms with Crippen molar-refractivity contribution in [3.05, 3.63) is 71.0 Å². The molecule has 0 saturated carbocycles. The second-order valence-electron chi connectivity index (χ2n) is 6.95. The summed E-state index contributed by atoms with van der Waals surface area (Å²) in [6.07, 6.45) is 1.76. The third kappa shape index (κ3) is 5.19. The molecule has 0 spiro atoms. The zero-order valence-electron chi connectivity index (χ0n) is 16.1. The largest absolute Gasteiger partial charge is 0.451 e. The third-order valence-corrected chi connectivity index (χ3v) is 4.88. The van der Waals surface area contributed by atoms with Crippen molar-refractivity contribution in [2.24, 2.45) is 0 Å². The SMILES string of the molecule is C[C@H](OC(=O)CNC(=O)c1ccccc1F)C(=O)N[C@@H]1CCCc2ccccc21. The van der Waals surface area contributed by atoms with Crippen molar-refractivity contribution < 1.29 is 23.5 Å². The van der Waals surface area contributed by atoms with Crippen LogP contribution in [0.2, 0.25) is 0 Å². The fourth-order valence-electron chi connectivity index (χ4n) is 3.38. The maximum absolute atomic E-state index is 13.6. The molecule has 0 heterocycles. The molecule has 152 valence electrons. The van der Waals surface area contributed by atoms with Gasteiger partial charge in [-0.3, -0.25) is 14.4 Å². The molecule has 2 atom stereocenters. The highest BCUT2D eigenvalue weighted by atomic mass is 19.1. The lowest BCUT2D eigenvalue weighted by molar-refractivity contribution is -0.154. The van der Waals surface area contributed by atoms with E-state index in [1.165, 1.54) is 30.7 Å². The van der Waals surface area contributed by atoms with Gasteiger partial charge in [0.25, 0.3) is 11.8 Å². The molecule has 2 aromatic rings. The number of halogens is 1. The van der Waals surface area contributed by atoms with Gasteiger partial charge in [-0.25, -0.2) is 4.39 Å². The average molecular weight is 398 g/mol. The van der Waals surface area contributed by atoms with Crippen molar-refractivity contribution in [3.8, 4) is 0 Å². The van der Waals surface area contributed by atoms with Crippen LogP contribution in [0.3, 0.4) is 0 Å². The summed E-state index contributed by atoms with van der Waals surface area (Å²) in [6, 6.07) is 13.3. The number of ether oxygens (including phenoxy) is 1. The highest BCUT2D eigenvalue weighted by Gasteiger charge is 2.25. The Bertz CT molecular complexity index is 915. The van der Waals surface area contributed by atoms with Gasteiger partial charge >= 0.3 is 5.97 Å². The van der Waals surface area contributed by atoms with Crippen molar-refractivity contribution in [2.75, 3.05) is 6.54 Å². The van der Waals surface area contributed by atoms with Crippen molar-refractivity contribution in [1.82, 2.24) is 10.6 Å². The number of aryl methyl sites for hydroxylation is 1. The Labute approximate surface area is 168 Å². The maximum Gasteiger partial charge on any atom is 0.326 e. The van der Waals surface area contributed by atoms with Crippen molar-refractivity contribution in [1.29, 1.82) is 0 Å². The molecular formula is C22H23FN2O4. The van der Waals surface area contributed by atoms with E-state index in [-0.39, 0.29) is 11.6 Å². The molecule has 0 saturated heterocycles. The summed E-state index contributed by atoms with van der Waals surface area (Å²) in [4.78, 5) is 36.3. The minimum atomic E-state index is -1.01. The first-order chi connectivity index (χ1) is 14.0. The van der Waals surface area contributed by atoms with Crippen LogP contribution in [0.4, 0.5) is 4.39 Å². The van der Waals surface area contributed by atoms with Gasteiger partial charge in [0.2, 0.25) is 0 Å². The fourth-order valence-corrected chi connectivity index (χ4v) is 3.38. The first-order valence-electron chi connectivity index (χ1n) is 9.56. The van der Waals surface area contributed by atoms with E-state index < -0.39 is 36.2 Å². The number of hydrogen-bond donors (Lipinski definition) is 2. The van der Waals surface area contributed by atoms with Gasteiger partial charge in [-0.1, -0.05) is 36.4 Å². The maximum atomic E-state index is 13.6. The Kier molecular flexibility index (Phi) is 6.59. The van der Waals surface area contributed by atoms with E-state index >= 15 is 0 Å². The smallest absolute Gasteiger partial charge is 0.326 e. The van der Waals surface area contributed by atoms with Crippen LogP contribution in [0.25, 0.3) is 0 Å². The van der Waals surface area contributed by atoms with E-state index in [9.17, 15) is 18.8 Å². The number of nitrogens with one attached hydrogen (secondary N) is 2. The zero-order chi connectivity index (χ0) is 20.8. The van der Waals surface area contributed by atoms with Crippen LogP contribution in [0.5, 0.6) is 0 Å². The Morgan fingerprint density at radius 2 is 1.86 bits per heavy atom. The van der Waals surface area contributed by atoms with Gasteiger partial charge in [-0.15, -0.1) is 0 Å². The summed E-state index contributed by atoms with van der Waals surface area (Å²) in [5, 5.41) is 5.22. The molecule has 7 heteroatoms. The molecule has 1 aliphatic carbocycles.